The van der Waals surface area contributed by atoms with Crippen molar-refractivity contribution in [3.63, 3.8) is 0 Å². The van der Waals surface area contributed by atoms with E-state index in [1.165, 1.54) is 0 Å². The molecule has 132 valence electrons. The summed E-state index contributed by atoms with van der Waals surface area (Å²) in [5.41, 5.74) is 0.450. The fraction of sp³-hybridized carbons (Fsp3) is 0.529. The molecule has 5 nitrogen and oxygen atoms in total. The molecule has 1 atom stereocenters. The van der Waals surface area contributed by atoms with Crippen LogP contribution in [0.25, 0.3) is 0 Å². The second-order valence-electron chi connectivity index (χ2n) is 6.33. The van der Waals surface area contributed by atoms with Crippen molar-refractivity contribution in [2.45, 2.75) is 39.2 Å². The van der Waals surface area contributed by atoms with Crippen molar-refractivity contribution in [1.29, 1.82) is 0 Å². The van der Waals surface area contributed by atoms with E-state index in [1.54, 1.807) is 18.2 Å². The summed E-state index contributed by atoms with van der Waals surface area (Å²) in [4.78, 5) is 26.8. The van der Waals surface area contributed by atoms with E-state index in [2.05, 4.69) is 10.6 Å². The number of likely N-dealkylation sites (tertiary alicyclic amines) is 1. The molecule has 24 heavy (non-hydrogen) atoms. The Morgan fingerprint density at radius 3 is 2.38 bits per heavy atom. The van der Waals surface area contributed by atoms with Gasteiger partial charge in [-0.3, -0.25) is 4.79 Å². The zero-order chi connectivity index (χ0) is 17.7. The van der Waals surface area contributed by atoms with E-state index < -0.39 is 12.1 Å². The maximum Gasteiger partial charge on any atom is 0.319 e. The summed E-state index contributed by atoms with van der Waals surface area (Å²) in [6.45, 7) is 5.35. The van der Waals surface area contributed by atoms with Gasteiger partial charge < -0.3 is 15.5 Å². The molecule has 0 saturated carbocycles. The number of amides is 3. The zero-order valence-electron chi connectivity index (χ0n) is 13.9. The van der Waals surface area contributed by atoms with Gasteiger partial charge in [0.05, 0.1) is 10.7 Å². The highest BCUT2D eigenvalue weighted by molar-refractivity contribution is 6.36. The lowest BCUT2D eigenvalue weighted by Crippen LogP contribution is -2.53. The summed E-state index contributed by atoms with van der Waals surface area (Å²) in [6.07, 6.45) is 3.19. The van der Waals surface area contributed by atoms with Crippen molar-refractivity contribution in [1.82, 2.24) is 10.2 Å². The van der Waals surface area contributed by atoms with Crippen LogP contribution in [0.5, 0.6) is 0 Å². The van der Waals surface area contributed by atoms with Crippen molar-refractivity contribution in [3.05, 3.63) is 28.2 Å². The number of halogens is 2. The van der Waals surface area contributed by atoms with Crippen LogP contribution in [0, 0.1) is 5.92 Å². The van der Waals surface area contributed by atoms with Crippen LogP contribution in [0.3, 0.4) is 0 Å². The molecule has 0 bridgehead atoms. The standard InChI is InChI=1S/C17H23Cl2N3O2/c1-11(2)15(16(23)22-8-4-3-5-9-22)21-17(24)20-14-7-6-12(18)10-13(14)19/h6-7,10-11,15H,3-5,8-9H2,1-2H3,(H2,20,21,24). The number of piperidine rings is 1. The average molecular weight is 372 g/mol. The average Bonchev–Trinajstić information content (AvgIpc) is 2.55. The van der Waals surface area contributed by atoms with E-state index in [4.69, 9.17) is 23.2 Å². The van der Waals surface area contributed by atoms with Crippen LogP contribution in [-0.4, -0.2) is 36.0 Å². The Morgan fingerprint density at radius 1 is 1.12 bits per heavy atom. The molecule has 1 unspecified atom stereocenters. The Balaban J connectivity index is 2.01. The number of benzene rings is 1. The van der Waals surface area contributed by atoms with Gasteiger partial charge in [0.15, 0.2) is 0 Å². The van der Waals surface area contributed by atoms with Crippen LogP contribution in [0.4, 0.5) is 10.5 Å². The van der Waals surface area contributed by atoms with E-state index in [0.717, 1.165) is 32.4 Å². The molecule has 1 aromatic rings. The molecule has 0 aliphatic carbocycles. The Hall–Kier alpha value is -1.46. The molecule has 1 aliphatic heterocycles. The van der Waals surface area contributed by atoms with E-state index >= 15 is 0 Å². The van der Waals surface area contributed by atoms with Crippen LogP contribution >= 0.6 is 23.2 Å². The largest absolute Gasteiger partial charge is 0.341 e. The lowest BCUT2D eigenvalue weighted by atomic mass is 10.0. The maximum absolute atomic E-state index is 12.7. The van der Waals surface area contributed by atoms with Crippen molar-refractivity contribution < 1.29 is 9.59 Å². The minimum absolute atomic E-state index is 0.00846. The summed E-state index contributed by atoms with van der Waals surface area (Å²) in [6, 6.07) is 3.80. The monoisotopic (exact) mass is 371 g/mol. The zero-order valence-corrected chi connectivity index (χ0v) is 15.5. The molecule has 1 fully saturated rings. The fourth-order valence-corrected chi connectivity index (χ4v) is 3.17. The summed E-state index contributed by atoms with van der Waals surface area (Å²) in [5, 5.41) is 6.28. The molecular formula is C17H23Cl2N3O2. The van der Waals surface area contributed by atoms with Crippen molar-refractivity contribution in [3.8, 4) is 0 Å². The van der Waals surface area contributed by atoms with E-state index in [1.807, 2.05) is 18.7 Å². The summed E-state index contributed by atoms with van der Waals surface area (Å²) in [5.74, 6) is -0.0343. The summed E-state index contributed by atoms with van der Waals surface area (Å²) in [7, 11) is 0. The Kier molecular flexibility index (Phi) is 6.75. The van der Waals surface area contributed by atoms with Crippen molar-refractivity contribution >= 4 is 40.8 Å². The SMILES string of the molecule is CC(C)C(NC(=O)Nc1ccc(Cl)cc1Cl)C(=O)N1CCCCC1. The van der Waals surface area contributed by atoms with Gasteiger partial charge in [0.2, 0.25) is 5.91 Å². The number of hydrogen-bond acceptors (Lipinski definition) is 2. The van der Waals surface area contributed by atoms with Gasteiger partial charge in [0.1, 0.15) is 6.04 Å². The second-order valence-corrected chi connectivity index (χ2v) is 7.17. The minimum atomic E-state index is -0.561. The van der Waals surface area contributed by atoms with Crippen LogP contribution in [0.15, 0.2) is 18.2 Å². The van der Waals surface area contributed by atoms with Crippen LogP contribution < -0.4 is 10.6 Å². The van der Waals surface area contributed by atoms with Gasteiger partial charge in [-0.25, -0.2) is 4.79 Å². The first-order valence-electron chi connectivity index (χ1n) is 8.20. The normalized spacial score (nSPS) is 16.0. The van der Waals surface area contributed by atoms with Gasteiger partial charge in [-0.1, -0.05) is 37.0 Å². The van der Waals surface area contributed by atoms with Crippen LogP contribution in [0.1, 0.15) is 33.1 Å². The number of carbonyl (C=O) groups is 2. The third kappa shape index (κ3) is 5.02. The Bertz CT molecular complexity index is 601. The molecular weight excluding hydrogens is 349 g/mol. The molecule has 3 amide bonds. The molecule has 1 heterocycles. The smallest absolute Gasteiger partial charge is 0.319 e. The molecule has 1 saturated heterocycles. The first-order chi connectivity index (χ1) is 11.4. The van der Waals surface area contributed by atoms with E-state index in [0.29, 0.717) is 15.7 Å². The van der Waals surface area contributed by atoms with Crippen molar-refractivity contribution in [2.75, 3.05) is 18.4 Å². The second kappa shape index (κ2) is 8.58. The van der Waals surface area contributed by atoms with Crippen molar-refractivity contribution in [2.24, 2.45) is 5.92 Å². The number of rotatable bonds is 4. The highest BCUT2D eigenvalue weighted by Crippen LogP contribution is 2.25. The molecule has 1 aromatic carbocycles. The summed E-state index contributed by atoms with van der Waals surface area (Å²) < 4.78 is 0. The lowest BCUT2D eigenvalue weighted by Gasteiger charge is -2.32. The predicted octanol–water partition coefficient (Wildman–Crippen LogP) is 4.15. The molecule has 0 aromatic heterocycles. The molecule has 0 spiro atoms. The van der Waals surface area contributed by atoms with E-state index in [9.17, 15) is 9.59 Å². The lowest BCUT2D eigenvalue weighted by molar-refractivity contribution is -0.135. The highest BCUT2D eigenvalue weighted by atomic mass is 35.5. The predicted molar refractivity (Wildman–Crippen MR) is 97.7 cm³/mol. The minimum Gasteiger partial charge on any atom is -0.341 e. The highest BCUT2D eigenvalue weighted by Gasteiger charge is 2.29. The number of nitrogens with zero attached hydrogens (tertiary/aromatic N) is 1. The van der Waals surface area contributed by atoms with E-state index in [-0.39, 0.29) is 11.8 Å². The van der Waals surface area contributed by atoms with Crippen LogP contribution in [0.2, 0.25) is 10.0 Å². The topological polar surface area (TPSA) is 61.4 Å². The van der Waals surface area contributed by atoms with Gasteiger partial charge in [0, 0.05) is 18.1 Å². The third-order valence-corrected chi connectivity index (χ3v) is 4.61. The number of urea groups is 1. The number of anilines is 1. The fourth-order valence-electron chi connectivity index (χ4n) is 2.72. The molecule has 2 N–H and O–H groups in total. The Morgan fingerprint density at radius 2 is 1.79 bits per heavy atom. The first-order valence-corrected chi connectivity index (χ1v) is 8.95. The third-order valence-electron chi connectivity index (χ3n) is 4.07. The molecule has 7 heteroatoms. The number of carbonyl (C=O) groups excluding carboxylic acids is 2. The van der Waals surface area contributed by atoms with Gasteiger partial charge in [-0.15, -0.1) is 0 Å². The van der Waals surface area contributed by atoms with Gasteiger partial charge in [-0.05, 0) is 43.4 Å². The first kappa shape index (κ1) is 18.9. The molecule has 1 aliphatic rings. The quantitative estimate of drug-likeness (QED) is 0.834. The van der Waals surface area contributed by atoms with Gasteiger partial charge >= 0.3 is 6.03 Å². The van der Waals surface area contributed by atoms with Gasteiger partial charge in [-0.2, -0.15) is 0 Å². The molecule has 2 rings (SSSR count). The van der Waals surface area contributed by atoms with Gasteiger partial charge in [0.25, 0.3) is 0 Å². The number of hydrogen-bond donors (Lipinski definition) is 2. The number of nitrogens with one attached hydrogen (secondary N) is 2. The molecule has 0 radical (unpaired) electrons. The summed E-state index contributed by atoms with van der Waals surface area (Å²) >= 11 is 11.9. The Labute approximate surface area is 152 Å². The maximum atomic E-state index is 12.7. The van der Waals surface area contributed by atoms with Crippen LogP contribution in [-0.2, 0) is 4.79 Å².